The largest absolute Gasteiger partial charge is 0.476 e. The van der Waals surface area contributed by atoms with Gasteiger partial charge in [0.05, 0.1) is 0 Å². The van der Waals surface area contributed by atoms with Crippen molar-refractivity contribution in [3.63, 3.8) is 0 Å². The zero-order chi connectivity index (χ0) is 16.3. The first-order valence-electron chi connectivity index (χ1n) is 5.96. The van der Waals surface area contributed by atoms with Gasteiger partial charge in [0.1, 0.15) is 0 Å². The molecule has 118 valence electrons. The highest BCUT2D eigenvalue weighted by atomic mass is 35.5. The van der Waals surface area contributed by atoms with Gasteiger partial charge in [-0.2, -0.15) is 8.42 Å². The van der Waals surface area contributed by atoms with Gasteiger partial charge in [0.2, 0.25) is 5.13 Å². The highest BCUT2D eigenvalue weighted by Crippen LogP contribution is 2.24. The molecular formula is C12H11ClN2O5S2. The first kappa shape index (κ1) is 16.7. The Hall–Kier alpha value is -1.68. The molecule has 0 amide bonds. The molecule has 0 unspecified atom stereocenters. The number of anilines is 1. The molecule has 0 bridgehead atoms. The number of thiazole rings is 1. The average molecular weight is 363 g/mol. The van der Waals surface area contributed by atoms with Gasteiger partial charge in [-0.25, -0.2) is 14.1 Å². The van der Waals surface area contributed by atoms with E-state index >= 15 is 0 Å². The summed E-state index contributed by atoms with van der Waals surface area (Å²) in [6.07, 6.45) is 0.238. The van der Waals surface area contributed by atoms with Gasteiger partial charge in [-0.05, 0) is 18.1 Å². The number of carbonyl (C=O) groups is 1. The third kappa shape index (κ3) is 3.95. The van der Waals surface area contributed by atoms with Gasteiger partial charge >= 0.3 is 16.3 Å². The van der Waals surface area contributed by atoms with Crippen LogP contribution in [-0.2, 0) is 16.7 Å². The first-order chi connectivity index (χ1) is 10.3. The smallest absolute Gasteiger partial charge is 0.361 e. The van der Waals surface area contributed by atoms with Crippen LogP contribution < -0.4 is 4.31 Å². The van der Waals surface area contributed by atoms with Crippen molar-refractivity contribution in [3.05, 3.63) is 45.9 Å². The van der Waals surface area contributed by atoms with E-state index in [2.05, 4.69) is 4.98 Å². The predicted octanol–water partition coefficient (Wildman–Crippen LogP) is 2.35. The number of aromatic nitrogens is 1. The fourth-order valence-electron chi connectivity index (χ4n) is 1.71. The fraction of sp³-hybridized carbons (Fsp3) is 0.167. The van der Waals surface area contributed by atoms with Crippen LogP contribution in [0.25, 0.3) is 0 Å². The Balaban J connectivity index is 2.24. The van der Waals surface area contributed by atoms with Crippen LogP contribution in [0.1, 0.15) is 16.1 Å². The number of rotatable bonds is 6. The van der Waals surface area contributed by atoms with Crippen molar-refractivity contribution in [3.8, 4) is 0 Å². The lowest BCUT2D eigenvalue weighted by Crippen LogP contribution is -2.32. The Morgan fingerprint density at radius 2 is 2.05 bits per heavy atom. The molecule has 7 nitrogen and oxygen atoms in total. The Morgan fingerprint density at radius 3 is 2.59 bits per heavy atom. The Bertz CT molecular complexity index is 790. The number of benzene rings is 1. The maximum atomic E-state index is 11.5. The van der Waals surface area contributed by atoms with Gasteiger partial charge in [0.25, 0.3) is 0 Å². The topological polar surface area (TPSA) is 108 Å². The van der Waals surface area contributed by atoms with Crippen LogP contribution in [0, 0.1) is 0 Å². The van der Waals surface area contributed by atoms with E-state index in [0.717, 1.165) is 11.3 Å². The van der Waals surface area contributed by atoms with Crippen LogP contribution >= 0.6 is 22.9 Å². The lowest BCUT2D eigenvalue weighted by Gasteiger charge is -2.17. The number of carboxylic acids is 1. The summed E-state index contributed by atoms with van der Waals surface area (Å²) in [4.78, 5) is 14.5. The third-order valence-corrected chi connectivity index (χ3v) is 5.01. The maximum absolute atomic E-state index is 11.5. The van der Waals surface area contributed by atoms with Crippen LogP contribution in [0.5, 0.6) is 0 Å². The van der Waals surface area contributed by atoms with E-state index in [1.54, 1.807) is 24.3 Å². The van der Waals surface area contributed by atoms with Crippen LogP contribution in [0.3, 0.4) is 0 Å². The van der Waals surface area contributed by atoms with Crippen LogP contribution in [0.4, 0.5) is 5.13 Å². The minimum Gasteiger partial charge on any atom is -0.476 e. The molecule has 1 aromatic heterocycles. The second-order valence-corrected chi connectivity index (χ2v) is 6.79. The molecule has 22 heavy (non-hydrogen) atoms. The van der Waals surface area contributed by atoms with Crippen LogP contribution in [0.2, 0.25) is 5.02 Å². The monoisotopic (exact) mass is 362 g/mol. The molecule has 0 aliphatic carbocycles. The molecule has 2 N–H and O–H groups in total. The average Bonchev–Trinajstić information content (AvgIpc) is 2.89. The molecule has 0 aliphatic rings. The van der Waals surface area contributed by atoms with Crippen LogP contribution in [-0.4, -0.2) is 35.6 Å². The minimum absolute atomic E-state index is 0.116. The molecule has 0 radical (unpaired) electrons. The van der Waals surface area contributed by atoms with Crippen molar-refractivity contribution in [1.29, 1.82) is 0 Å². The highest BCUT2D eigenvalue weighted by Gasteiger charge is 2.24. The van der Waals surface area contributed by atoms with E-state index in [1.165, 1.54) is 5.38 Å². The molecule has 0 saturated carbocycles. The minimum atomic E-state index is -4.57. The molecule has 0 spiro atoms. The van der Waals surface area contributed by atoms with E-state index in [9.17, 15) is 17.8 Å². The van der Waals surface area contributed by atoms with E-state index in [1.807, 2.05) is 0 Å². The number of halogens is 1. The van der Waals surface area contributed by atoms with Crippen molar-refractivity contribution in [2.24, 2.45) is 0 Å². The Labute approximate surface area is 135 Å². The van der Waals surface area contributed by atoms with Gasteiger partial charge in [-0.1, -0.05) is 29.8 Å². The van der Waals surface area contributed by atoms with Crippen molar-refractivity contribution in [2.75, 3.05) is 10.8 Å². The quantitative estimate of drug-likeness (QED) is 0.763. The van der Waals surface area contributed by atoms with Crippen molar-refractivity contribution < 1.29 is 22.9 Å². The highest BCUT2D eigenvalue weighted by molar-refractivity contribution is 7.87. The number of hydrogen-bond donors (Lipinski definition) is 2. The molecule has 1 heterocycles. The van der Waals surface area contributed by atoms with E-state index < -0.39 is 16.3 Å². The summed E-state index contributed by atoms with van der Waals surface area (Å²) in [6.45, 7) is -0.116. The zero-order valence-corrected chi connectivity index (χ0v) is 13.4. The van der Waals surface area contributed by atoms with E-state index in [4.69, 9.17) is 16.7 Å². The summed E-state index contributed by atoms with van der Waals surface area (Å²) in [5.74, 6) is -1.27. The van der Waals surface area contributed by atoms with Gasteiger partial charge in [0, 0.05) is 16.9 Å². The van der Waals surface area contributed by atoms with Gasteiger partial charge in [-0.15, -0.1) is 11.3 Å². The summed E-state index contributed by atoms with van der Waals surface area (Å²) >= 11 is 6.81. The van der Waals surface area contributed by atoms with E-state index in [-0.39, 0.29) is 23.8 Å². The molecule has 0 fully saturated rings. The van der Waals surface area contributed by atoms with E-state index in [0.29, 0.717) is 14.9 Å². The number of carboxylic acid groups (broad SMARTS) is 1. The third-order valence-electron chi connectivity index (χ3n) is 2.75. The number of hydrogen-bond acceptors (Lipinski definition) is 5. The van der Waals surface area contributed by atoms with Gasteiger partial charge < -0.3 is 5.11 Å². The van der Waals surface area contributed by atoms with Gasteiger partial charge in [0.15, 0.2) is 5.69 Å². The standard InChI is InChI=1S/C12H11ClN2O5S2/c13-9-4-2-1-3-8(9)5-6-15(22(18,19)20)12-14-10(7-21-12)11(16)17/h1-4,7H,5-6H2,(H,16,17)(H,18,19,20). The summed E-state index contributed by atoms with van der Waals surface area (Å²) in [7, 11) is -4.57. The lowest BCUT2D eigenvalue weighted by atomic mass is 10.1. The number of aromatic carboxylic acids is 1. The molecule has 2 rings (SSSR count). The van der Waals surface area contributed by atoms with Gasteiger partial charge in [-0.3, -0.25) is 4.55 Å². The molecule has 2 aromatic rings. The fourth-order valence-corrected chi connectivity index (χ4v) is 3.64. The Morgan fingerprint density at radius 1 is 1.36 bits per heavy atom. The summed E-state index contributed by atoms with van der Waals surface area (Å²) < 4.78 is 32.9. The second kappa shape index (κ2) is 6.61. The lowest BCUT2D eigenvalue weighted by molar-refractivity contribution is 0.0691. The zero-order valence-electron chi connectivity index (χ0n) is 11.0. The Kier molecular flexibility index (Phi) is 5.01. The van der Waals surface area contributed by atoms with Crippen LogP contribution in [0.15, 0.2) is 29.6 Å². The predicted molar refractivity (Wildman–Crippen MR) is 83.1 cm³/mol. The molecule has 0 atom stereocenters. The second-order valence-electron chi connectivity index (χ2n) is 4.21. The molecule has 10 heteroatoms. The molecule has 0 saturated heterocycles. The van der Waals surface area contributed by atoms with Crippen molar-refractivity contribution in [2.45, 2.75) is 6.42 Å². The van der Waals surface area contributed by atoms with Crippen molar-refractivity contribution >= 4 is 44.3 Å². The summed E-state index contributed by atoms with van der Waals surface area (Å²) in [5, 5.41) is 10.4. The number of nitrogens with zero attached hydrogens (tertiary/aromatic N) is 2. The van der Waals surface area contributed by atoms with Crippen molar-refractivity contribution in [1.82, 2.24) is 4.98 Å². The molecule has 1 aromatic carbocycles. The maximum Gasteiger partial charge on any atom is 0.361 e. The first-order valence-corrected chi connectivity index (χ1v) is 8.62. The molecule has 0 aliphatic heterocycles. The summed E-state index contributed by atoms with van der Waals surface area (Å²) in [6, 6.07) is 6.90. The summed E-state index contributed by atoms with van der Waals surface area (Å²) in [5.41, 5.74) is 0.416. The normalized spacial score (nSPS) is 11.4. The SMILES string of the molecule is O=C(O)c1csc(N(CCc2ccccc2Cl)S(=O)(=O)O)n1. The molecular weight excluding hydrogens is 352 g/mol.